The molecule has 0 saturated carbocycles. The van der Waals surface area contributed by atoms with Crippen molar-refractivity contribution in [2.75, 3.05) is 32.4 Å². The van der Waals surface area contributed by atoms with Crippen molar-refractivity contribution >= 4 is 16.9 Å². The van der Waals surface area contributed by atoms with Crippen molar-refractivity contribution < 1.29 is 13.9 Å². The summed E-state index contributed by atoms with van der Waals surface area (Å²) in [6.07, 6.45) is 4.40. The highest BCUT2D eigenvalue weighted by molar-refractivity contribution is 6.02. The predicted molar refractivity (Wildman–Crippen MR) is 120 cm³/mol. The van der Waals surface area contributed by atoms with Gasteiger partial charge in [-0.25, -0.2) is 14.4 Å². The number of aromatic nitrogens is 3. The molecule has 0 fully saturated rings. The number of anilines is 1. The number of benzene rings is 2. The Bertz CT molecular complexity index is 1160. The van der Waals surface area contributed by atoms with E-state index < -0.39 is 0 Å². The molecule has 7 heteroatoms. The Balaban J connectivity index is 1.75. The molecule has 0 aliphatic heterocycles. The fraction of sp³-hybridized carbons (Fsp3) is 0.250. The molecule has 0 amide bonds. The summed E-state index contributed by atoms with van der Waals surface area (Å²) in [4.78, 5) is 9.07. The predicted octanol–water partition coefficient (Wildman–Crippen LogP) is 4.96. The number of ether oxygens (including phenoxy) is 2. The number of methoxy groups -OCH3 is 1. The number of nitrogens with zero attached hydrogens (tertiary/aromatic N) is 3. The second kappa shape index (κ2) is 9.68. The quantitative estimate of drug-likeness (QED) is 0.306. The fourth-order valence-electron chi connectivity index (χ4n) is 3.54. The Labute approximate surface area is 180 Å². The summed E-state index contributed by atoms with van der Waals surface area (Å²) in [6.45, 7) is 3.62. The van der Waals surface area contributed by atoms with Crippen LogP contribution in [0, 0.1) is 12.7 Å². The van der Waals surface area contributed by atoms with E-state index in [1.54, 1.807) is 25.6 Å². The number of hydrogen-bond donors (Lipinski definition) is 1. The number of halogens is 1. The zero-order chi connectivity index (χ0) is 21.6. The number of hydrogen-bond acceptors (Lipinski definition) is 5. The molecule has 0 atom stereocenters. The van der Waals surface area contributed by atoms with Crippen molar-refractivity contribution in [2.24, 2.45) is 0 Å². The summed E-state index contributed by atoms with van der Waals surface area (Å²) in [5.74, 6) is 0.472. The Morgan fingerprint density at radius 1 is 1.10 bits per heavy atom. The van der Waals surface area contributed by atoms with Gasteiger partial charge in [-0.15, -0.1) is 0 Å². The van der Waals surface area contributed by atoms with Crippen molar-refractivity contribution in [3.8, 4) is 16.8 Å². The van der Waals surface area contributed by atoms with E-state index in [0.29, 0.717) is 13.2 Å². The third-order valence-electron chi connectivity index (χ3n) is 4.98. The van der Waals surface area contributed by atoms with Gasteiger partial charge in [-0.05, 0) is 48.7 Å². The molecule has 160 valence electrons. The summed E-state index contributed by atoms with van der Waals surface area (Å²) in [6, 6.07) is 14.7. The summed E-state index contributed by atoms with van der Waals surface area (Å²) in [7, 11) is 1.60. The average Bonchev–Trinajstić information content (AvgIpc) is 3.17. The molecule has 4 rings (SSSR count). The van der Waals surface area contributed by atoms with Gasteiger partial charge in [0.2, 0.25) is 0 Å². The molecule has 0 aliphatic rings. The first-order valence-corrected chi connectivity index (χ1v) is 10.2. The molecule has 0 saturated heterocycles. The van der Waals surface area contributed by atoms with Gasteiger partial charge in [-0.3, -0.25) is 0 Å². The van der Waals surface area contributed by atoms with Gasteiger partial charge in [0.05, 0.1) is 12.0 Å². The van der Waals surface area contributed by atoms with Crippen LogP contribution >= 0.6 is 0 Å². The topological polar surface area (TPSA) is 61.2 Å². The molecule has 31 heavy (non-hydrogen) atoms. The van der Waals surface area contributed by atoms with Crippen LogP contribution in [0.5, 0.6) is 0 Å². The highest BCUT2D eigenvalue weighted by Gasteiger charge is 2.17. The van der Waals surface area contributed by atoms with E-state index in [1.807, 2.05) is 18.3 Å². The van der Waals surface area contributed by atoms with Gasteiger partial charge in [0.15, 0.2) is 5.65 Å². The van der Waals surface area contributed by atoms with Crippen LogP contribution in [0.1, 0.15) is 12.0 Å². The first-order chi connectivity index (χ1) is 15.2. The summed E-state index contributed by atoms with van der Waals surface area (Å²) in [5.41, 5.74) is 4.80. The number of fused-ring (bicyclic) bond motifs is 1. The molecule has 0 radical (unpaired) electrons. The zero-order valence-corrected chi connectivity index (χ0v) is 17.6. The standard InChI is InChI=1S/C24H25FN4O2/c1-17-5-3-6-20(13-17)29-14-21(18-7-9-19(25)10-8-18)22-23(27-15-28-24(22)29)26-11-4-12-31-16-30-2/h3,5-10,13-15H,4,11-12,16H2,1-2H3,(H,26,27,28). The third-order valence-corrected chi connectivity index (χ3v) is 4.98. The molecule has 2 heterocycles. The second-order valence-electron chi connectivity index (χ2n) is 7.27. The normalized spacial score (nSPS) is 11.2. The minimum absolute atomic E-state index is 0.267. The lowest BCUT2D eigenvalue weighted by molar-refractivity contribution is -0.0303. The maximum Gasteiger partial charge on any atom is 0.150 e. The molecule has 0 unspecified atom stereocenters. The maximum atomic E-state index is 13.5. The van der Waals surface area contributed by atoms with E-state index in [-0.39, 0.29) is 12.6 Å². The van der Waals surface area contributed by atoms with Gasteiger partial charge in [-0.1, -0.05) is 24.3 Å². The average molecular weight is 420 g/mol. The molecule has 2 aromatic heterocycles. The molecular formula is C24H25FN4O2. The first-order valence-electron chi connectivity index (χ1n) is 10.2. The van der Waals surface area contributed by atoms with Gasteiger partial charge in [0, 0.05) is 31.1 Å². The highest BCUT2D eigenvalue weighted by Crippen LogP contribution is 2.35. The summed E-state index contributed by atoms with van der Waals surface area (Å²) >= 11 is 0. The third kappa shape index (κ3) is 4.73. The van der Waals surface area contributed by atoms with E-state index in [1.165, 1.54) is 12.1 Å². The van der Waals surface area contributed by atoms with Crippen LogP contribution in [0.25, 0.3) is 27.8 Å². The smallest absolute Gasteiger partial charge is 0.150 e. The van der Waals surface area contributed by atoms with Crippen molar-refractivity contribution in [3.63, 3.8) is 0 Å². The zero-order valence-electron chi connectivity index (χ0n) is 17.6. The Kier molecular flexibility index (Phi) is 6.54. The number of aryl methyl sites for hydroxylation is 1. The molecule has 2 aromatic carbocycles. The second-order valence-corrected chi connectivity index (χ2v) is 7.27. The van der Waals surface area contributed by atoms with Gasteiger partial charge in [0.25, 0.3) is 0 Å². The van der Waals surface area contributed by atoms with Crippen LogP contribution in [0.3, 0.4) is 0 Å². The van der Waals surface area contributed by atoms with Crippen molar-refractivity contribution in [2.45, 2.75) is 13.3 Å². The number of rotatable bonds is 9. The summed E-state index contributed by atoms with van der Waals surface area (Å²) < 4.78 is 25.8. The lowest BCUT2D eigenvalue weighted by atomic mass is 10.1. The van der Waals surface area contributed by atoms with E-state index in [2.05, 4.69) is 38.9 Å². The minimum atomic E-state index is -0.267. The molecule has 6 nitrogen and oxygen atoms in total. The van der Waals surface area contributed by atoms with E-state index in [9.17, 15) is 4.39 Å². The van der Waals surface area contributed by atoms with Crippen LogP contribution < -0.4 is 5.32 Å². The molecule has 0 bridgehead atoms. The number of nitrogens with one attached hydrogen (secondary N) is 1. The summed E-state index contributed by atoms with van der Waals surface area (Å²) in [5, 5.41) is 4.30. The van der Waals surface area contributed by atoms with E-state index >= 15 is 0 Å². The van der Waals surface area contributed by atoms with Crippen LogP contribution in [0.2, 0.25) is 0 Å². The SMILES string of the molecule is COCOCCCNc1ncnc2c1c(-c1ccc(F)cc1)cn2-c1cccc(C)c1. The Morgan fingerprint density at radius 3 is 2.71 bits per heavy atom. The molecule has 1 N–H and O–H groups in total. The minimum Gasteiger partial charge on any atom is -0.369 e. The van der Waals surface area contributed by atoms with Crippen LogP contribution in [0.15, 0.2) is 61.1 Å². The Hall–Kier alpha value is -3.29. The van der Waals surface area contributed by atoms with Crippen LogP contribution in [-0.4, -0.2) is 41.6 Å². The highest BCUT2D eigenvalue weighted by atomic mass is 19.1. The van der Waals surface area contributed by atoms with E-state index in [4.69, 9.17) is 9.47 Å². The molecule has 0 aliphatic carbocycles. The maximum absolute atomic E-state index is 13.5. The molecule has 4 aromatic rings. The van der Waals surface area contributed by atoms with Crippen LogP contribution in [-0.2, 0) is 9.47 Å². The van der Waals surface area contributed by atoms with Gasteiger partial charge in [0.1, 0.15) is 24.8 Å². The van der Waals surface area contributed by atoms with Crippen LogP contribution in [0.4, 0.5) is 10.2 Å². The fourth-order valence-corrected chi connectivity index (χ4v) is 3.54. The van der Waals surface area contributed by atoms with Gasteiger partial charge in [-0.2, -0.15) is 0 Å². The lowest BCUT2D eigenvalue weighted by Gasteiger charge is -2.09. The molecule has 0 spiro atoms. The van der Waals surface area contributed by atoms with Crippen molar-refractivity contribution in [1.29, 1.82) is 0 Å². The monoisotopic (exact) mass is 420 g/mol. The van der Waals surface area contributed by atoms with Gasteiger partial charge < -0.3 is 19.4 Å². The van der Waals surface area contributed by atoms with E-state index in [0.717, 1.165) is 45.6 Å². The van der Waals surface area contributed by atoms with Gasteiger partial charge >= 0.3 is 0 Å². The lowest BCUT2D eigenvalue weighted by Crippen LogP contribution is -2.08. The van der Waals surface area contributed by atoms with Crippen molar-refractivity contribution in [3.05, 3.63) is 72.4 Å². The largest absolute Gasteiger partial charge is 0.369 e. The van der Waals surface area contributed by atoms with Crippen molar-refractivity contribution in [1.82, 2.24) is 14.5 Å². The Morgan fingerprint density at radius 2 is 1.94 bits per heavy atom. The molecular weight excluding hydrogens is 395 g/mol. The first kappa shape index (κ1) is 21.0.